The maximum Gasteiger partial charge on any atom is 0.259 e. The lowest BCUT2D eigenvalue weighted by atomic mass is 10.0. The lowest BCUT2D eigenvalue weighted by molar-refractivity contribution is 0.102. The summed E-state index contributed by atoms with van der Waals surface area (Å²) in [6.07, 6.45) is 0. The van der Waals surface area contributed by atoms with Crippen LogP contribution in [0.5, 0.6) is 0 Å². The fourth-order valence-corrected chi connectivity index (χ4v) is 3.00. The van der Waals surface area contributed by atoms with Crippen molar-refractivity contribution in [2.45, 2.75) is 6.92 Å². The second-order valence-electron chi connectivity index (χ2n) is 6.09. The lowest BCUT2D eigenvalue weighted by Crippen LogP contribution is -2.13. The van der Waals surface area contributed by atoms with Gasteiger partial charge in [-0.3, -0.25) is 4.79 Å². The number of pyridine rings is 1. The van der Waals surface area contributed by atoms with Gasteiger partial charge in [-0.25, -0.2) is 13.8 Å². The number of nitrogens with zero attached hydrogens (tertiary/aromatic N) is 2. The van der Waals surface area contributed by atoms with E-state index in [4.69, 9.17) is 16.1 Å². The predicted molar refractivity (Wildman–Crippen MR) is 101 cm³/mol. The van der Waals surface area contributed by atoms with Crippen molar-refractivity contribution in [3.05, 3.63) is 76.4 Å². The normalized spacial score (nSPS) is 11.0. The van der Waals surface area contributed by atoms with Crippen molar-refractivity contribution >= 4 is 34.3 Å². The number of benzene rings is 2. The van der Waals surface area contributed by atoms with Crippen molar-refractivity contribution < 1.29 is 18.1 Å². The first kappa shape index (κ1) is 18.1. The molecule has 0 atom stereocenters. The van der Waals surface area contributed by atoms with Gasteiger partial charge < -0.3 is 9.84 Å². The number of aryl methyl sites for hydroxylation is 1. The van der Waals surface area contributed by atoms with E-state index in [9.17, 15) is 13.6 Å². The predicted octanol–water partition coefficient (Wildman–Crippen LogP) is 5.38. The zero-order valence-corrected chi connectivity index (χ0v) is 15.2. The van der Waals surface area contributed by atoms with Crippen LogP contribution in [0.25, 0.3) is 22.4 Å². The molecule has 1 N–H and O–H groups in total. The Morgan fingerprint density at radius 2 is 1.86 bits per heavy atom. The van der Waals surface area contributed by atoms with Gasteiger partial charge in [-0.2, -0.15) is 0 Å². The van der Waals surface area contributed by atoms with E-state index in [1.54, 1.807) is 25.1 Å². The van der Waals surface area contributed by atoms with Crippen LogP contribution in [0.1, 0.15) is 16.1 Å². The van der Waals surface area contributed by atoms with Crippen LogP contribution in [0.15, 0.2) is 53.1 Å². The number of carbonyl (C=O) groups excluding carboxylic acids is 1. The van der Waals surface area contributed by atoms with Crippen LogP contribution in [0, 0.1) is 18.6 Å². The molecule has 0 aliphatic carbocycles. The van der Waals surface area contributed by atoms with Crippen molar-refractivity contribution in [3.63, 3.8) is 0 Å². The molecule has 5 nitrogen and oxygen atoms in total. The third kappa shape index (κ3) is 3.32. The van der Waals surface area contributed by atoms with Crippen molar-refractivity contribution in [3.8, 4) is 11.3 Å². The number of amides is 1. The van der Waals surface area contributed by atoms with E-state index in [1.807, 2.05) is 0 Å². The van der Waals surface area contributed by atoms with Gasteiger partial charge >= 0.3 is 0 Å². The molecule has 0 saturated carbocycles. The molecule has 8 heteroatoms. The van der Waals surface area contributed by atoms with Gasteiger partial charge in [-0.15, -0.1) is 0 Å². The highest BCUT2D eigenvalue weighted by Crippen LogP contribution is 2.28. The molecule has 0 radical (unpaired) electrons. The minimum Gasteiger partial charge on any atom is -0.335 e. The molecule has 2 aromatic carbocycles. The van der Waals surface area contributed by atoms with Crippen LogP contribution in [0.3, 0.4) is 0 Å². The molecular weight excluding hydrogens is 388 g/mol. The number of halogens is 3. The van der Waals surface area contributed by atoms with Crippen LogP contribution in [0.4, 0.5) is 14.5 Å². The summed E-state index contributed by atoms with van der Waals surface area (Å²) in [5, 5.41) is 6.90. The molecular formula is C20H12ClF2N3O2. The highest BCUT2D eigenvalue weighted by molar-refractivity contribution is 6.31. The minimum atomic E-state index is -0.584. The Kier molecular flexibility index (Phi) is 4.52. The van der Waals surface area contributed by atoms with Crippen LogP contribution in [-0.2, 0) is 0 Å². The molecule has 0 aliphatic heterocycles. The smallest absolute Gasteiger partial charge is 0.259 e. The molecule has 28 heavy (non-hydrogen) atoms. The first-order valence-electron chi connectivity index (χ1n) is 8.22. The molecule has 0 saturated heterocycles. The van der Waals surface area contributed by atoms with Crippen LogP contribution in [-0.4, -0.2) is 16.0 Å². The molecule has 2 heterocycles. The summed E-state index contributed by atoms with van der Waals surface area (Å²) in [5.74, 6) is -1.43. The van der Waals surface area contributed by atoms with E-state index in [1.165, 1.54) is 24.3 Å². The summed E-state index contributed by atoms with van der Waals surface area (Å²) in [4.78, 5) is 17.3. The summed E-state index contributed by atoms with van der Waals surface area (Å²) >= 11 is 5.77. The molecule has 2 aromatic heterocycles. The zero-order chi connectivity index (χ0) is 19.8. The number of anilines is 1. The summed E-state index contributed by atoms with van der Waals surface area (Å²) < 4.78 is 31.8. The Bertz CT molecular complexity index is 1210. The average molecular weight is 400 g/mol. The third-order valence-corrected chi connectivity index (χ3v) is 4.47. The molecule has 0 bridgehead atoms. The molecule has 0 fully saturated rings. The fraction of sp³-hybridized carbons (Fsp3) is 0.0500. The van der Waals surface area contributed by atoms with Crippen molar-refractivity contribution in [1.82, 2.24) is 10.1 Å². The molecule has 1 amide bonds. The van der Waals surface area contributed by atoms with Gasteiger partial charge in [-0.1, -0.05) is 16.8 Å². The Labute approximate surface area is 162 Å². The van der Waals surface area contributed by atoms with Gasteiger partial charge in [0.05, 0.1) is 27.4 Å². The van der Waals surface area contributed by atoms with E-state index in [0.717, 1.165) is 6.07 Å². The van der Waals surface area contributed by atoms with Crippen LogP contribution in [0.2, 0.25) is 5.02 Å². The van der Waals surface area contributed by atoms with Gasteiger partial charge in [0, 0.05) is 11.3 Å². The van der Waals surface area contributed by atoms with Gasteiger partial charge in [-0.05, 0) is 55.5 Å². The Morgan fingerprint density at radius 3 is 2.57 bits per heavy atom. The maximum atomic E-state index is 13.3. The van der Waals surface area contributed by atoms with E-state index in [-0.39, 0.29) is 22.1 Å². The number of nitrogens with one attached hydrogen (secondary N) is 1. The second kappa shape index (κ2) is 7.01. The first-order valence-corrected chi connectivity index (χ1v) is 8.59. The van der Waals surface area contributed by atoms with Gasteiger partial charge in [0.15, 0.2) is 0 Å². The quantitative estimate of drug-likeness (QED) is 0.502. The summed E-state index contributed by atoms with van der Waals surface area (Å²) in [6.45, 7) is 1.69. The molecule has 140 valence electrons. The van der Waals surface area contributed by atoms with Gasteiger partial charge in [0.25, 0.3) is 11.6 Å². The topological polar surface area (TPSA) is 68.0 Å². The largest absolute Gasteiger partial charge is 0.335 e. The molecule has 0 spiro atoms. The number of aromatic nitrogens is 2. The summed E-state index contributed by atoms with van der Waals surface area (Å²) in [6, 6.07) is 11.1. The second-order valence-corrected chi connectivity index (χ2v) is 6.50. The van der Waals surface area contributed by atoms with Crippen LogP contribution >= 0.6 is 11.6 Å². The number of hydrogen-bond donors (Lipinski definition) is 1. The van der Waals surface area contributed by atoms with Gasteiger partial charge in [0.1, 0.15) is 11.6 Å². The monoisotopic (exact) mass is 399 g/mol. The average Bonchev–Trinajstić information content (AvgIpc) is 3.05. The number of hydrogen-bond acceptors (Lipinski definition) is 4. The van der Waals surface area contributed by atoms with Crippen molar-refractivity contribution in [2.75, 3.05) is 5.32 Å². The van der Waals surface area contributed by atoms with E-state index < -0.39 is 11.7 Å². The Balaban J connectivity index is 1.79. The Hall–Kier alpha value is -3.32. The zero-order valence-electron chi connectivity index (χ0n) is 14.5. The summed E-state index contributed by atoms with van der Waals surface area (Å²) in [5.41, 5.74) is 2.31. The van der Waals surface area contributed by atoms with Crippen LogP contribution < -0.4 is 5.32 Å². The first-order chi connectivity index (χ1) is 13.4. The third-order valence-electron chi connectivity index (χ3n) is 4.18. The standard InChI is InChI=1S/C20H12ClF2N3O2/c1-10-18-14(19(27)24-13-6-7-16(23)15(21)8-13)9-17(25-20(18)28-26-10)11-2-4-12(22)5-3-11/h2-9H,1H3,(H,24,27). The highest BCUT2D eigenvalue weighted by atomic mass is 35.5. The maximum absolute atomic E-state index is 13.3. The van der Waals surface area contributed by atoms with Gasteiger partial charge in [0.2, 0.25) is 0 Å². The van der Waals surface area contributed by atoms with Crippen molar-refractivity contribution in [1.29, 1.82) is 0 Å². The van der Waals surface area contributed by atoms with Crippen molar-refractivity contribution in [2.24, 2.45) is 0 Å². The molecule has 0 aliphatic rings. The fourth-order valence-electron chi connectivity index (χ4n) is 2.81. The van der Waals surface area contributed by atoms with E-state index in [2.05, 4.69) is 15.5 Å². The molecule has 0 unspecified atom stereocenters. The molecule has 4 aromatic rings. The van der Waals surface area contributed by atoms with E-state index >= 15 is 0 Å². The number of fused-ring (bicyclic) bond motifs is 1. The Morgan fingerprint density at radius 1 is 1.11 bits per heavy atom. The number of carbonyl (C=O) groups is 1. The molecule has 4 rings (SSSR count). The summed E-state index contributed by atoms with van der Waals surface area (Å²) in [7, 11) is 0. The SMILES string of the molecule is Cc1noc2nc(-c3ccc(F)cc3)cc(C(=O)Nc3ccc(F)c(Cl)c3)c12. The van der Waals surface area contributed by atoms with E-state index in [0.29, 0.717) is 28.0 Å². The highest BCUT2D eigenvalue weighted by Gasteiger charge is 2.20. The number of rotatable bonds is 3. The lowest BCUT2D eigenvalue weighted by Gasteiger charge is -2.09. The minimum absolute atomic E-state index is 0.106.